The van der Waals surface area contributed by atoms with Crippen molar-refractivity contribution in [3.8, 4) is 0 Å². The zero-order chi connectivity index (χ0) is 28.9. The molecule has 1 atom stereocenters. The number of nitrogens with zero attached hydrogens (tertiary/aromatic N) is 2. The number of hydrogen-bond acceptors (Lipinski definition) is 5. The standard InChI is InChI=1S/C29H17ClF4N4O3/c30-20-11-6-12-23(24(20)31)38-25(39)18-9-4-5-10-19(18)28(38,41-26(40)29(32,33)34)16-13-14-21-22(15-16)37-27(36-21)35-17-7-2-1-3-8-17/h1-15H,(H2,35,36,37). The Morgan fingerprint density at radius 3 is 2.46 bits per heavy atom. The summed E-state index contributed by atoms with van der Waals surface area (Å²) >= 11 is 5.99. The van der Waals surface area contributed by atoms with Crippen LogP contribution >= 0.6 is 11.6 Å². The Labute approximate surface area is 234 Å². The molecule has 2 heterocycles. The molecule has 4 aromatic carbocycles. The van der Waals surface area contributed by atoms with E-state index in [2.05, 4.69) is 15.3 Å². The minimum Gasteiger partial charge on any atom is -0.423 e. The number of imidazole rings is 1. The van der Waals surface area contributed by atoms with Gasteiger partial charge in [-0.1, -0.05) is 60.1 Å². The topological polar surface area (TPSA) is 87.3 Å². The van der Waals surface area contributed by atoms with E-state index in [0.29, 0.717) is 16.4 Å². The average molecular weight is 581 g/mol. The first-order chi connectivity index (χ1) is 19.6. The maximum atomic E-state index is 15.4. The molecule has 2 N–H and O–H groups in total. The van der Waals surface area contributed by atoms with Gasteiger partial charge in [-0.05, 0) is 42.5 Å². The smallest absolute Gasteiger partial charge is 0.423 e. The minimum absolute atomic E-state index is 0.0852. The van der Waals surface area contributed by atoms with Gasteiger partial charge in [0.25, 0.3) is 5.91 Å². The fraction of sp³-hybridized carbons (Fsp3) is 0.0690. The van der Waals surface area contributed by atoms with E-state index in [4.69, 9.17) is 16.3 Å². The van der Waals surface area contributed by atoms with Crippen molar-refractivity contribution in [3.63, 3.8) is 0 Å². The lowest BCUT2D eigenvalue weighted by Crippen LogP contribution is -2.50. The molecule has 1 aliphatic heterocycles. The summed E-state index contributed by atoms with van der Waals surface area (Å²) in [6, 6.07) is 22.7. The van der Waals surface area contributed by atoms with Crippen LogP contribution in [-0.4, -0.2) is 28.0 Å². The summed E-state index contributed by atoms with van der Waals surface area (Å²) in [6.07, 6.45) is -5.44. The number of rotatable bonds is 5. The van der Waals surface area contributed by atoms with E-state index in [9.17, 15) is 22.8 Å². The average Bonchev–Trinajstić information content (AvgIpc) is 3.46. The molecule has 206 valence electrons. The molecule has 7 nitrogen and oxygen atoms in total. The monoisotopic (exact) mass is 580 g/mol. The third-order valence-electron chi connectivity index (χ3n) is 6.60. The number of carbonyl (C=O) groups is 2. The van der Waals surface area contributed by atoms with Crippen molar-refractivity contribution in [3.05, 3.63) is 119 Å². The number of carbonyl (C=O) groups excluding carboxylic acids is 2. The van der Waals surface area contributed by atoms with Crippen LogP contribution < -0.4 is 10.2 Å². The number of amides is 1. The minimum atomic E-state index is -5.44. The molecule has 0 saturated carbocycles. The lowest BCUT2D eigenvalue weighted by molar-refractivity contribution is -0.211. The highest BCUT2D eigenvalue weighted by Crippen LogP contribution is 2.50. The van der Waals surface area contributed by atoms with Crippen molar-refractivity contribution in [1.82, 2.24) is 9.97 Å². The molecule has 6 rings (SSSR count). The number of benzene rings is 4. The largest absolute Gasteiger partial charge is 0.491 e. The van der Waals surface area contributed by atoms with Gasteiger partial charge in [0, 0.05) is 22.4 Å². The van der Waals surface area contributed by atoms with Crippen molar-refractivity contribution in [2.75, 3.05) is 10.2 Å². The first-order valence-electron chi connectivity index (χ1n) is 12.1. The van der Waals surface area contributed by atoms with Gasteiger partial charge in [-0.25, -0.2) is 14.2 Å². The van der Waals surface area contributed by atoms with Crippen LogP contribution in [0.1, 0.15) is 21.5 Å². The van der Waals surface area contributed by atoms with Crippen molar-refractivity contribution in [2.24, 2.45) is 0 Å². The Balaban J connectivity index is 1.59. The maximum Gasteiger partial charge on any atom is 0.491 e. The maximum absolute atomic E-state index is 15.4. The predicted octanol–water partition coefficient (Wildman–Crippen LogP) is 7.07. The fourth-order valence-electron chi connectivity index (χ4n) is 4.86. The molecule has 5 aromatic rings. The van der Waals surface area contributed by atoms with E-state index < -0.39 is 35.3 Å². The number of esters is 1. The normalized spacial score (nSPS) is 16.6. The van der Waals surface area contributed by atoms with Crippen LogP contribution in [-0.2, 0) is 15.3 Å². The van der Waals surface area contributed by atoms with E-state index >= 15 is 4.39 Å². The third kappa shape index (κ3) is 4.34. The van der Waals surface area contributed by atoms with Crippen molar-refractivity contribution in [2.45, 2.75) is 11.9 Å². The van der Waals surface area contributed by atoms with Crippen LogP contribution in [0.2, 0.25) is 5.02 Å². The van der Waals surface area contributed by atoms with E-state index in [0.717, 1.165) is 11.8 Å². The Bertz CT molecular complexity index is 1830. The second kappa shape index (κ2) is 9.63. The zero-order valence-electron chi connectivity index (χ0n) is 20.7. The molecule has 0 bridgehead atoms. The summed E-state index contributed by atoms with van der Waals surface area (Å²) in [6.45, 7) is 0. The van der Waals surface area contributed by atoms with Crippen molar-refractivity contribution < 1.29 is 31.9 Å². The van der Waals surface area contributed by atoms with E-state index in [1.165, 1.54) is 54.6 Å². The SMILES string of the molecule is O=C1c2ccccc2C(OC(=O)C(F)(F)F)(c2ccc3[nH]c(Nc4ccccc4)nc3c2)N1c1cccc(Cl)c1F. The number of H-pyrrole nitrogens is 1. The first-order valence-corrected chi connectivity index (χ1v) is 12.5. The molecule has 0 radical (unpaired) electrons. The Hall–Kier alpha value is -4.90. The molecule has 0 spiro atoms. The molecule has 1 aromatic heterocycles. The molecule has 1 unspecified atom stereocenters. The van der Waals surface area contributed by atoms with E-state index in [-0.39, 0.29) is 27.2 Å². The van der Waals surface area contributed by atoms with Crippen LogP contribution in [0.4, 0.5) is 34.9 Å². The third-order valence-corrected chi connectivity index (χ3v) is 6.89. The second-order valence-corrected chi connectivity index (χ2v) is 9.51. The summed E-state index contributed by atoms with van der Waals surface area (Å²) in [5, 5.41) is 2.70. The molecule has 12 heteroatoms. The number of aromatic amines is 1. The quantitative estimate of drug-likeness (QED) is 0.172. The van der Waals surface area contributed by atoms with E-state index in [1.54, 1.807) is 0 Å². The van der Waals surface area contributed by atoms with Gasteiger partial charge in [0.05, 0.1) is 21.7 Å². The van der Waals surface area contributed by atoms with Gasteiger partial charge >= 0.3 is 12.1 Å². The number of para-hydroxylation sites is 1. The summed E-state index contributed by atoms with van der Waals surface area (Å²) in [5.41, 5.74) is -1.84. The van der Waals surface area contributed by atoms with Crippen LogP contribution in [0.15, 0.2) is 91.0 Å². The number of anilines is 3. The molecule has 41 heavy (non-hydrogen) atoms. The second-order valence-electron chi connectivity index (χ2n) is 9.10. The summed E-state index contributed by atoms with van der Waals surface area (Å²) in [4.78, 5) is 34.5. The number of nitrogens with one attached hydrogen (secondary N) is 2. The van der Waals surface area contributed by atoms with Crippen LogP contribution in [0, 0.1) is 5.82 Å². The summed E-state index contributed by atoms with van der Waals surface area (Å²) < 4.78 is 61.8. The Morgan fingerprint density at radius 2 is 1.71 bits per heavy atom. The van der Waals surface area contributed by atoms with Crippen LogP contribution in [0.25, 0.3) is 11.0 Å². The van der Waals surface area contributed by atoms with Gasteiger partial charge < -0.3 is 15.0 Å². The predicted molar refractivity (Wildman–Crippen MR) is 143 cm³/mol. The molecule has 0 saturated heterocycles. The molecule has 0 fully saturated rings. The van der Waals surface area contributed by atoms with Crippen LogP contribution in [0.5, 0.6) is 0 Å². The van der Waals surface area contributed by atoms with Gasteiger partial charge in [-0.2, -0.15) is 13.2 Å². The van der Waals surface area contributed by atoms with Crippen molar-refractivity contribution in [1.29, 1.82) is 0 Å². The molecular weight excluding hydrogens is 564 g/mol. The highest BCUT2D eigenvalue weighted by molar-refractivity contribution is 6.31. The Morgan fingerprint density at radius 1 is 0.976 bits per heavy atom. The number of alkyl halides is 3. The lowest BCUT2D eigenvalue weighted by atomic mass is 9.92. The zero-order valence-corrected chi connectivity index (χ0v) is 21.4. The summed E-state index contributed by atoms with van der Waals surface area (Å²) in [7, 11) is 0. The number of aromatic nitrogens is 2. The van der Waals surface area contributed by atoms with E-state index in [1.807, 2.05) is 30.3 Å². The Kier molecular flexibility index (Phi) is 6.18. The molecule has 1 amide bonds. The van der Waals surface area contributed by atoms with Crippen LogP contribution in [0.3, 0.4) is 0 Å². The van der Waals surface area contributed by atoms with Gasteiger partial charge in [-0.3, -0.25) is 9.69 Å². The first kappa shape index (κ1) is 26.3. The van der Waals surface area contributed by atoms with Gasteiger partial charge in [-0.15, -0.1) is 0 Å². The van der Waals surface area contributed by atoms with Gasteiger partial charge in [0.15, 0.2) is 5.82 Å². The lowest BCUT2D eigenvalue weighted by Gasteiger charge is -2.39. The highest BCUT2D eigenvalue weighted by atomic mass is 35.5. The molecular formula is C29H17ClF4N4O3. The number of fused-ring (bicyclic) bond motifs is 2. The molecule has 1 aliphatic rings. The fourth-order valence-corrected chi connectivity index (χ4v) is 5.03. The molecule has 0 aliphatic carbocycles. The highest BCUT2D eigenvalue weighted by Gasteiger charge is 2.58. The number of halogens is 5. The summed E-state index contributed by atoms with van der Waals surface area (Å²) in [5.74, 6) is -4.24. The van der Waals surface area contributed by atoms with Gasteiger partial charge in [0.1, 0.15) is 0 Å². The van der Waals surface area contributed by atoms with Crippen molar-refractivity contribution >= 4 is 51.8 Å². The number of hydrogen-bond donors (Lipinski definition) is 2. The van der Waals surface area contributed by atoms with Gasteiger partial charge in [0.2, 0.25) is 11.7 Å². The number of ether oxygens (including phenoxy) is 1.